The van der Waals surface area contributed by atoms with Crippen molar-refractivity contribution in [3.63, 3.8) is 0 Å². The van der Waals surface area contributed by atoms with Crippen molar-refractivity contribution in [3.05, 3.63) is 59.7 Å². The number of nitrogens with two attached hydrogens (primary N) is 1. The van der Waals surface area contributed by atoms with E-state index >= 15 is 0 Å². The van der Waals surface area contributed by atoms with Gasteiger partial charge in [-0.05, 0) is 48.6 Å². The maximum absolute atomic E-state index is 12.0. The average molecular weight is 307 g/mol. The maximum atomic E-state index is 12.0. The van der Waals surface area contributed by atoms with Crippen LogP contribution in [0, 0.1) is 0 Å². The van der Waals surface area contributed by atoms with E-state index < -0.39 is 5.54 Å². The Labute approximate surface area is 136 Å². The highest BCUT2D eigenvalue weighted by atomic mass is 16.2. The zero-order valence-corrected chi connectivity index (χ0v) is 13.1. The molecule has 2 aliphatic rings. The third-order valence-electron chi connectivity index (χ3n) is 4.81. The highest BCUT2D eigenvalue weighted by molar-refractivity contribution is 6.00. The molecule has 1 aliphatic carbocycles. The lowest BCUT2D eigenvalue weighted by Gasteiger charge is -2.19. The van der Waals surface area contributed by atoms with Gasteiger partial charge in [0.15, 0.2) is 0 Å². The number of nitrogens with one attached hydrogen (secondary N) is 1. The molecule has 0 unspecified atom stereocenters. The van der Waals surface area contributed by atoms with Crippen molar-refractivity contribution in [2.24, 2.45) is 5.73 Å². The lowest BCUT2D eigenvalue weighted by Crippen LogP contribution is -2.37. The lowest BCUT2D eigenvalue weighted by molar-refractivity contribution is -0.118. The highest BCUT2D eigenvalue weighted by Gasteiger charge is 2.45. The van der Waals surface area contributed by atoms with Crippen LogP contribution in [0.15, 0.2) is 48.5 Å². The van der Waals surface area contributed by atoms with Gasteiger partial charge in [-0.2, -0.15) is 0 Å². The monoisotopic (exact) mass is 307 g/mol. The summed E-state index contributed by atoms with van der Waals surface area (Å²) in [5.74, 6) is -0.0706. The molecule has 1 heterocycles. The number of hydrogen-bond donors (Lipinski definition) is 2. The Balaban J connectivity index is 1.42. The number of fused-ring (bicyclic) bond motifs is 1. The predicted molar refractivity (Wildman–Crippen MR) is 92.4 cm³/mol. The molecule has 1 fully saturated rings. The minimum atomic E-state index is -0.627. The first kappa shape index (κ1) is 14.3. The van der Waals surface area contributed by atoms with Crippen LogP contribution in [0.2, 0.25) is 0 Å². The molecule has 0 aromatic heterocycles. The summed E-state index contributed by atoms with van der Waals surface area (Å²) in [6.45, 7) is 1.96. The average Bonchev–Trinajstić information content (AvgIpc) is 3.20. The van der Waals surface area contributed by atoms with E-state index in [9.17, 15) is 4.79 Å². The number of benzene rings is 2. The molecule has 1 aliphatic heterocycles. The minimum absolute atomic E-state index is 0.0706. The number of carbonyl (C=O) groups is 1. The Morgan fingerprint density at radius 1 is 1.13 bits per heavy atom. The number of nitrogens with zero attached hydrogens (tertiary/aromatic N) is 1. The largest absolute Gasteiger partial charge is 0.367 e. The third kappa shape index (κ3) is 2.82. The second-order valence-electron chi connectivity index (χ2n) is 6.61. The first-order chi connectivity index (χ1) is 11.1. The molecule has 2 aromatic rings. The topological polar surface area (TPSA) is 58.4 Å². The van der Waals surface area contributed by atoms with Crippen LogP contribution in [0.5, 0.6) is 0 Å². The number of carbonyl (C=O) groups excluding carboxylic acids is 1. The minimum Gasteiger partial charge on any atom is -0.367 e. The summed E-state index contributed by atoms with van der Waals surface area (Å²) in [4.78, 5) is 14.4. The van der Waals surface area contributed by atoms with Crippen LogP contribution in [-0.4, -0.2) is 18.0 Å². The summed E-state index contributed by atoms with van der Waals surface area (Å²) in [6.07, 6.45) is 2.68. The SMILES string of the molecule is NC1(C(=O)Nc2ccc(CN3CCc4ccccc43)cc2)CC1. The highest BCUT2D eigenvalue weighted by Crippen LogP contribution is 2.33. The van der Waals surface area contributed by atoms with Gasteiger partial charge in [0.2, 0.25) is 5.91 Å². The van der Waals surface area contributed by atoms with Gasteiger partial charge >= 0.3 is 0 Å². The van der Waals surface area contributed by atoms with Crippen LogP contribution < -0.4 is 16.0 Å². The number of hydrogen-bond acceptors (Lipinski definition) is 3. The van der Waals surface area contributed by atoms with Crippen molar-refractivity contribution in [2.45, 2.75) is 31.3 Å². The van der Waals surface area contributed by atoms with Crippen LogP contribution in [0.1, 0.15) is 24.0 Å². The van der Waals surface area contributed by atoms with E-state index in [1.807, 2.05) is 12.1 Å². The molecule has 0 bridgehead atoms. The van der Waals surface area contributed by atoms with Crippen LogP contribution in [0.25, 0.3) is 0 Å². The van der Waals surface area contributed by atoms with Crippen LogP contribution >= 0.6 is 0 Å². The molecule has 0 radical (unpaired) electrons. The van der Waals surface area contributed by atoms with E-state index in [4.69, 9.17) is 5.73 Å². The number of rotatable bonds is 4. The molecular weight excluding hydrogens is 286 g/mol. The first-order valence-corrected chi connectivity index (χ1v) is 8.16. The quantitative estimate of drug-likeness (QED) is 0.913. The zero-order valence-electron chi connectivity index (χ0n) is 13.1. The van der Waals surface area contributed by atoms with Gasteiger partial charge < -0.3 is 16.0 Å². The summed E-state index contributed by atoms with van der Waals surface area (Å²) in [6, 6.07) is 16.7. The van der Waals surface area contributed by atoms with Gasteiger partial charge in [-0.3, -0.25) is 4.79 Å². The van der Waals surface area contributed by atoms with E-state index in [1.165, 1.54) is 16.8 Å². The van der Waals surface area contributed by atoms with E-state index in [-0.39, 0.29) is 5.91 Å². The Kier molecular flexibility index (Phi) is 3.34. The normalized spacial score (nSPS) is 17.7. The summed E-state index contributed by atoms with van der Waals surface area (Å²) >= 11 is 0. The molecule has 1 saturated carbocycles. The van der Waals surface area contributed by atoms with Crippen molar-refractivity contribution in [2.75, 3.05) is 16.8 Å². The van der Waals surface area contributed by atoms with Gasteiger partial charge in [-0.15, -0.1) is 0 Å². The summed E-state index contributed by atoms with van der Waals surface area (Å²) in [5, 5.41) is 2.90. The first-order valence-electron chi connectivity index (χ1n) is 8.16. The fraction of sp³-hybridized carbons (Fsp3) is 0.316. The predicted octanol–water partition coefficient (Wildman–Crippen LogP) is 2.68. The van der Waals surface area contributed by atoms with Gasteiger partial charge in [-0.25, -0.2) is 0 Å². The molecule has 4 heteroatoms. The van der Waals surface area contributed by atoms with E-state index in [2.05, 4.69) is 46.6 Å². The Bertz CT molecular complexity index is 735. The summed E-state index contributed by atoms with van der Waals surface area (Å²) < 4.78 is 0. The third-order valence-corrected chi connectivity index (χ3v) is 4.81. The second-order valence-corrected chi connectivity index (χ2v) is 6.61. The number of anilines is 2. The van der Waals surface area contributed by atoms with Crippen LogP contribution in [0.4, 0.5) is 11.4 Å². The second kappa shape index (κ2) is 5.39. The molecule has 3 N–H and O–H groups in total. The Morgan fingerprint density at radius 2 is 1.87 bits per heavy atom. The fourth-order valence-electron chi connectivity index (χ4n) is 3.10. The smallest absolute Gasteiger partial charge is 0.244 e. The van der Waals surface area contributed by atoms with Crippen molar-refractivity contribution >= 4 is 17.3 Å². The Morgan fingerprint density at radius 3 is 2.61 bits per heavy atom. The van der Waals surface area contributed by atoms with E-state index in [1.54, 1.807) is 0 Å². The van der Waals surface area contributed by atoms with Gasteiger partial charge in [0.1, 0.15) is 0 Å². The number of para-hydroxylation sites is 1. The van der Waals surface area contributed by atoms with Crippen molar-refractivity contribution in [3.8, 4) is 0 Å². The molecule has 1 amide bonds. The van der Waals surface area contributed by atoms with Gasteiger partial charge in [-0.1, -0.05) is 30.3 Å². The van der Waals surface area contributed by atoms with Gasteiger partial charge in [0, 0.05) is 24.5 Å². The van der Waals surface area contributed by atoms with E-state index in [0.717, 1.165) is 38.0 Å². The van der Waals surface area contributed by atoms with Gasteiger partial charge in [0.05, 0.1) is 5.54 Å². The summed E-state index contributed by atoms with van der Waals surface area (Å²) in [7, 11) is 0. The fourth-order valence-corrected chi connectivity index (χ4v) is 3.10. The molecule has 0 saturated heterocycles. The van der Waals surface area contributed by atoms with Crippen LogP contribution in [0.3, 0.4) is 0 Å². The van der Waals surface area contributed by atoms with Crippen molar-refractivity contribution in [1.29, 1.82) is 0 Å². The molecular formula is C19H21N3O. The van der Waals surface area contributed by atoms with Crippen molar-refractivity contribution < 1.29 is 4.79 Å². The molecule has 23 heavy (non-hydrogen) atoms. The number of amides is 1. The van der Waals surface area contributed by atoms with Gasteiger partial charge in [0.25, 0.3) is 0 Å². The zero-order chi connectivity index (χ0) is 15.9. The standard InChI is InChI=1S/C19H21N3O/c20-19(10-11-19)18(23)21-16-7-5-14(6-8-16)13-22-12-9-15-3-1-2-4-17(15)22/h1-8H,9-13,20H2,(H,21,23). The van der Waals surface area contributed by atoms with Crippen molar-refractivity contribution in [1.82, 2.24) is 0 Å². The van der Waals surface area contributed by atoms with Crippen LogP contribution in [-0.2, 0) is 17.8 Å². The molecule has 0 atom stereocenters. The molecule has 118 valence electrons. The summed E-state index contributed by atoms with van der Waals surface area (Å²) in [5.41, 5.74) is 10.1. The maximum Gasteiger partial charge on any atom is 0.244 e. The molecule has 0 spiro atoms. The Hall–Kier alpha value is -2.33. The lowest BCUT2D eigenvalue weighted by atomic mass is 10.1. The van der Waals surface area contributed by atoms with E-state index in [0.29, 0.717) is 0 Å². The molecule has 4 rings (SSSR count). The molecule has 4 nitrogen and oxygen atoms in total. The molecule has 2 aromatic carbocycles.